The molecule has 0 spiro atoms. The Bertz CT molecular complexity index is 1300. The molecule has 1 unspecified atom stereocenters. The molecule has 36 heavy (non-hydrogen) atoms. The van der Waals surface area contributed by atoms with Gasteiger partial charge in [-0.05, 0) is 25.5 Å². The van der Waals surface area contributed by atoms with Gasteiger partial charge in [-0.15, -0.1) is 5.10 Å². The molecular weight excluding hydrogens is 479 g/mol. The van der Waals surface area contributed by atoms with E-state index in [0.29, 0.717) is 30.9 Å². The molecule has 3 heterocycles. The van der Waals surface area contributed by atoms with Crippen molar-refractivity contribution in [2.24, 2.45) is 0 Å². The first-order valence-electron chi connectivity index (χ1n) is 12.4. The van der Waals surface area contributed by atoms with Crippen LogP contribution in [0.15, 0.2) is 48.7 Å². The van der Waals surface area contributed by atoms with Gasteiger partial charge in [0, 0.05) is 50.9 Å². The molecule has 10 heteroatoms. The molecule has 0 amide bonds. The molecule has 1 aromatic heterocycles. The molecule has 1 atom stereocenters. The predicted octanol–water partition coefficient (Wildman–Crippen LogP) is 2.41. The van der Waals surface area contributed by atoms with Crippen LogP contribution in [0.2, 0.25) is 0 Å². The molecule has 0 radical (unpaired) electrons. The zero-order chi connectivity index (χ0) is 25.3. The van der Waals surface area contributed by atoms with Crippen molar-refractivity contribution in [3.05, 3.63) is 82.4 Å². The van der Waals surface area contributed by atoms with E-state index in [4.69, 9.17) is 0 Å². The molecule has 5 rings (SSSR count). The Balaban J connectivity index is 1.16. The maximum absolute atomic E-state index is 14.0. The van der Waals surface area contributed by atoms with Gasteiger partial charge in [0.15, 0.2) is 0 Å². The van der Waals surface area contributed by atoms with Crippen LogP contribution in [0.3, 0.4) is 0 Å². The van der Waals surface area contributed by atoms with Crippen LogP contribution in [0.5, 0.6) is 0 Å². The van der Waals surface area contributed by atoms with Crippen molar-refractivity contribution < 1.29 is 12.8 Å². The zero-order valence-electron chi connectivity index (χ0n) is 20.8. The van der Waals surface area contributed by atoms with Crippen LogP contribution in [0.4, 0.5) is 4.39 Å². The summed E-state index contributed by atoms with van der Waals surface area (Å²) in [7, 11) is -3.36. The average Bonchev–Trinajstić information content (AvgIpc) is 3.38. The van der Waals surface area contributed by atoms with Gasteiger partial charge in [0.1, 0.15) is 5.82 Å². The van der Waals surface area contributed by atoms with Crippen LogP contribution >= 0.6 is 0 Å². The minimum absolute atomic E-state index is 0.0454. The van der Waals surface area contributed by atoms with Gasteiger partial charge in [0.2, 0.25) is 10.0 Å². The highest BCUT2D eigenvalue weighted by molar-refractivity contribution is 7.89. The summed E-state index contributed by atoms with van der Waals surface area (Å²) in [5.41, 5.74) is 4.90. The van der Waals surface area contributed by atoms with Gasteiger partial charge in [-0.25, -0.2) is 17.5 Å². The molecule has 2 fully saturated rings. The van der Waals surface area contributed by atoms with Crippen LogP contribution in [-0.4, -0.2) is 82.0 Å². The molecule has 0 aliphatic carbocycles. The standard InChI is InChI=1S/C26H33FN6O2S/c1-20-11-21(2)13-22(12-20)14-32-16-24(28-29-32)17-33-18-25(19-36(33,34)35)31-9-7-30(8-10-31)15-23-5-3-4-6-26(23)27/h3-6,11-13,16,25H,7-10,14-15,17-19H2,1-2H3. The fourth-order valence-corrected chi connectivity index (χ4v) is 7.05. The van der Waals surface area contributed by atoms with E-state index in [0.717, 1.165) is 31.7 Å². The van der Waals surface area contributed by atoms with E-state index < -0.39 is 10.0 Å². The third-order valence-electron chi connectivity index (χ3n) is 7.04. The summed E-state index contributed by atoms with van der Waals surface area (Å²) in [5, 5.41) is 8.46. The second kappa shape index (κ2) is 10.4. The first-order valence-corrected chi connectivity index (χ1v) is 14.0. The molecule has 192 valence electrons. The molecule has 2 aromatic carbocycles. The van der Waals surface area contributed by atoms with E-state index in [-0.39, 0.29) is 24.2 Å². The summed E-state index contributed by atoms with van der Waals surface area (Å²) < 4.78 is 43.1. The Morgan fingerprint density at radius 2 is 1.69 bits per heavy atom. The number of hydrogen-bond acceptors (Lipinski definition) is 6. The highest BCUT2D eigenvalue weighted by atomic mass is 32.2. The molecule has 0 bridgehead atoms. The maximum atomic E-state index is 14.0. The maximum Gasteiger partial charge on any atom is 0.216 e. The Morgan fingerprint density at radius 3 is 2.42 bits per heavy atom. The van der Waals surface area contributed by atoms with Gasteiger partial charge in [0.05, 0.1) is 30.7 Å². The van der Waals surface area contributed by atoms with Gasteiger partial charge < -0.3 is 0 Å². The first-order chi connectivity index (χ1) is 17.2. The second-order valence-electron chi connectivity index (χ2n) is 10.0. The minimum atomic E-state index is -3.36. The van der Waals surface area contributed by atoms with Gasteiger partial charge in [0.25, 0.3) is 0 Å². The number of sulfonamides is 1. The number of aromatic nitrogens is 3. The van der Waals surface area contributed by atoms with Crippen LogP contribution in [0, 0.1) is 19.7 Å². The Morgan fingerprint density at radius 1 is 0.972 bits per heavy atom. The largest absolute Gasteiger partial charge is 0.296 e. The number of nitrogens with zero attached hydrogens (tertiary/aromatic N) is 6. The fraction of sp³-hybridized carbons (Fsp3) is 0.462. The first kappa shape index (κ1) is 25.0. The molecule has 2 saturated heterocycles. The quantitative estimate of drug-likeness (QED) is 0.484. The SMILES string of the molecule is Cc1cc(C)cc(Cn2cc(CN3CC(N4CCN(Cc5ccccc5F)CC4)CS3(=O)=O)nn2)c1. The lowest BCUT2D eigenvalue weighted by Gasteiger charge is -2.37. The highest BCUT2D eigenvalue weighted by Crippen LogP contribution is 2.23. The molecule has 0 saturated carbocycles. The van der Waals surface area contributed by atoms with Crippen molar-refractivity contribution in [1.82, 2.24) is 29.1 Å². The number of rotatable bonds is 7. The molecule has 8 nitrogen and oxygen atoms in total. The zero-order valence-corrected chi connectivity index (χ0v) is 21.7. The van der Waals surface area contributed by atoms with E-state index >= 15 is 0 Å². The molecule has 2 aliphatic heterocycles. The molecule has 2 aliphatic rings. The Kier molecular flexibility index (Phi) is 7.21. The lowest BCUT2D eigenvalue weighted by atomic mass is 10.1. The number of piperazine rings is 1. The van der Waals surface area contributed by atoms with E-state index in [1.54, 1.807) is 10.7 Å². The van der Waals surface area contributed by atoms with Crippen molar-refractivity contribution in [3.63, 3.8) is 0 Å². The van der Waals surface area contributed by atoms with Crippen LogP contribution in [0.25, 0.3) is 0 Å². The summed E-state index contributed by atoms with van der Waals surface area (Å²) in [6.45, 7) is 9.13. The van der Waals surface area contributed by atoms with E-state index in [2.05, 4.69) is 52.2 Å². The summed E-state index contributed by atoms with van der Waals surface area (Å²) >= 11 is 0. The van der Waals surface area contributed by atoms with Crippen molar-refractivity contribution in [2.45, 2.75) is 39.5 Å². The van der Waals surface area contributed by atoms with Crippen molar-refractivity contribution in [2.75, 3.05) is 38.5 Å². The highest BCUT2D eigenvalue weighted by Gasteiger charge is 2.40. The van der Waals surface area contributed by atoms with E-state index in [1.807, 2.05) is 18.3 Å². The minimum Gasteiger partial charge on any atom is -0.296 e. The van der Waals surface area contributed by atoms with Gasteiger partial charge in [-0.2, -0.15) is 4.31 Å². The summed E-state index contributed by atoms with van der Waals surface area (Å²) in [6.07, 6.45) is 1.84. The van der Waals surface area contributed by atoms with Gasteiger partial charge in [-0.3, -0.25) is 9.80 Å². The number of hydrogen-bond donors (Lipinski definition) is 0. The molecule has 3 aromatic rings. The summed E-state index contributed by atoms with van der Waals surface area (Å²) in [6, 6.07) is 13.2. The second-order valence-corrected chi connectivity index (χ2v) is 12.0. The third kappa shape index (κ3) is 5.83. The fourth-order valence-electron chi connectivity index (χ4n) is 5.30. The lowest BCUT2D eigenvalue weighted by molar-refractivity contribution is 0.0959. The molecule has 0 N–H and O–H groups in total. The van der Waals surface area contributed by atoms with E-state index in [9.17, 15) is 12.8 Å². The number of aryl methyl sites for hydroxylation is 2. The molecular formula is C26H33FN6O2S. The Hall–Kier alpha value is -2.66. The lowest BCUT2D eigenvalue weighted by Crippen LogP contribution is -2.51. The Labute approximate surface area is 212 Å². The van der Waals surface area contributed by atoms with Crippen molar-refractivity contribution in [1.29, 1.82) is 0 Å². The van der Waals surface area contributed by atoms with Crippen LogP contribution < -0.4 is 0 Å². The van der Waals surface area contributed by atoms with Crippen LogP contribution in [-0.2, 0) is 29.7 Å². The predicted molar refractivity (Wildman–Crippen MR) is 136 cm³/mol. The van der Waals surface area contributed by atoms with Crippen molar-refractivity contribution in [3.8, 4) is 0 Å². The van der Waals surface area contributed by atoms with E-state index in [1.165, 1.54) is 21.5 Å². The van der Waals surface area contributed by atoms with Crippen molar-refractivity contribution >= 4 is 10.0 Å². The number of halogens is 1. The van der Waals surface area contributed by atoms with Gasteiger partial charge in [-0.1, -0.05) is 52.7 Å². The van der Waals surface area contributed by atoms with Crippen LogP contribution in [0.1, 0.15) is 27.9 Å². The number of benzene rings is 2. The third-order valence-corrected chi connectivity index (χ3v) is 8.91. The average molecular weight is 513 g/mol. The normalized spacial score (nSPS) is 21.2. The summed E-state index contributed by atoms with van der Waals surface area (Å²) in [5.74, 6) is -0.0554. The van der Waals surface area contributed by atoms with Gasteiger partial charge >= 0.3 is 0 Å². The smallest absolute Gasteiger partial charge is 0.216 e. The summed E-state index contributed by atoms with van der Waals surface area (Å²) in [4.78, 5) is 4.48. The monoisotopic (exact) mass is 512 g/mol. The topological polar surface area (TPSA) is 74.6 Å².